The van der Waals surface area contributed by atoms with Gasteiger partial charge in [0.25, 0.3) is 10.0 Å². The normalized spacial score (nSPS) is 14.7. The monoisotopic (exact) mass is 441 g/mol. The third-order valence-corrected chi connectivity index (χ3v) is 6.81. The molecule has 0 atom stereocenters. The smallest absolute Gasteiger partial charge is 0.387 e. The molecule has 0 aliphatic carbocycles. The van der Waals surface area contributed by atoms with Gasteiger partial charge in [-0.05, 0) is 36.8 Å². The number of aryl methyl sites for hydroxylation is 1. The number of nitrogens with zero attached hydrogens (tertiary/aromatic N) is 2. The molecule has 1 N–H and O–H groups in total. The van der Waals surface area contributed by atoms with Gasteiger partial charge in [0.05, 0.1) is 17.7 Å². The van der Waals surface area contributed by atoms with E-state index in [1.807, 2.05) is 6.92 Å². The van der Waals surface area contributed by atoms with Gasteiger partial charge < -0.3 is 19.7 Å². The number of rotatable bonds is 7. The molecule has 1 fully saturated rings. The Balaban J connectivity index is 1.95. The summed E-state index contributed by atoms with van der Waals surface area (Å²) in [4.78, 5) is 2.27. The maximum absolute atomic E-state index is 13.2. The van der Waals surface area contributed by atoms with Crippen LogP contribution < -0.4 is 24.0 Å². The molecule has 10 heteroatoms. The zero-order valence-electron chi connectivity index (χ0n) is 17.1. The van der Waals surface area contributed by atoms with Crippen LogP contribution in [0, 0.1) is 6.92 Å². The molecular weight excluding hydrogens is 416 g/mol. The number of hydrogen-bond acceptors (Lipinski definition) is 6. The van der Waals surface area contributed by atoms with Crippen LogP contribution in [0.4, 0.5) is 20.2 Å². The highest BCUT2D eigenvalue weighted by molar-refractivity contribution is 7.92. The predicted molar refractivity (Wildman–Crippen MR) is 111 cm³/mol. The molecule has 0 bridgehead atoms. The zero-order valence-corrected chi connectivity index (χ0v) is 17.9. The van der Waals surface area contributed by atoms with Crippen LogP contribution >= 0.6 is 0 Å². The Bertz CT molecular complexity index is 996. The summed E-state index contributed by atoms with van der Waals surface area (Å²) in [5, 5.41) is 3.27. The maximum Gasteiger partial charge on any atom is 0.387 e. The summed E-state index contributed by atoms with van der Waals surface area (Å²) in [6, 6.07) is 9.06. The molecule has 0 amide bonds. The lowest BCUT2D eigenvalue weighted by Crippen LogP contribution is -2.43. The van der Waals surface area contributed by atoms with E-state index in [0.717, 1.165) is 41.7 Å². The minimum absolute atomic E-state index is 0.0844. The van der Waals surface area contributed by atoms with E-state index >= 15 is 0 Å². The van der Waals surface area contributed by atoms with Crippen LogP contribution in [0.1, 0.15) is 5.56 Å². The largest absolute Gasteiger partial charge is 0.493 e. The summed E-state index contributed by atoms with van der Waals surface area (Å²) in [5.41, 5.74) is 2.02. The van der Waals surface area contributed by atoms with E-state index in [-0.39, 0.29) is 22.1 Å². The van der Waals surface area contributed by atoms with Crippen LogP contribution in [0.15, 0.2) is 41.3 Å². The van der Waals surface area contributed by atoms with E-state index in [4.69, 9.17) is 4.74 Å². The quantitative estimate of drug-likeness (QED) is 0.713. The average molecular weight is 442 g/mol. The number of methoxy groups -OCH3 is 1. The second kappa shape index (κ2) is 9.05. The van der Waals surface area contributed by atoms with Crippen molar-refractivity contribution in [2.75, 3.05) is 49.5 Å². The summed E-state index contributed by atoms with van der Waals surface area (Å²) < 4.78 is 62.4. The molecule has 3 rings (SSSR count). The van der Waals surface area contributed by atoms with E-state index in [2.05, 4.69) is 15.0 Å². The SMILES string of the molecule is COc1ccc(N(C)S(=O)(=O)c2ccc(C)c(N3CCNCC3)c2)cc1OC(F)F. The van der Waals surface area contributed by atoms with E-state index in [1.165, 1.54) is 32.4 Å². The number of alkyl halides is 2. The van der Waals surface area contributed by atoms with Crippen molar-refractivity contribution in [3.63, 3.8) is 0 Å². The Labute approximate surface area is 175 Å². The summed E-state index contributed by atoms with van der Waals surface area (Å²) in [5.74, 6) is -0.154. The highest BCUT2D eigenvalue weighted by Crippen LogP contribution is 2.35. The lowest BCUT2D eigenvalue weighted by Gasteiger charge is -2.31. The van der Waals surface area contributed by atoms with Crippen molar-refractivity contribution in [1.29, 1.82) is 0 Å². The highest BCUT2D eigenvalue weighted by atomic mass is 32.2. The number of ether oxygens (including phenoxy) is 2. The van der Waals surface area contributed by atoms with Crippen molar-refractivity contribution in [1.82, 2.24) is 5.32 Å². The van der Waals surface area contributed by atoms with Gasteiger partial charge in [0.1, 0.15) is 0 Å². The van der Waals surface area contributed by atoms with Gasteiger partial charge in [-0.2, -0.15) is 8.78 Å². The molecule has 2 aromatic carbocycles. The molecule has 0 spiro atoms. The van der Waals surface area contributed by atoms with Crippen molar-refractivity contribution >= 4 is 21.4 Å². The summed E-state index contributed by atoms with van der Waals surface area (Å²) in [7, 11) is -1.24. The molecule has 0 unspecified atom stereocenters. The minimum atomic E-state index is -3.93. The molecule has 30 heavy (non-hydrogen) atoms. The summed E-state index contributed by atoms with van der Waals surface area (Å²) >= 11 is 0. The molecule has 1 heterocycles. The third-order valence-electron chi connectivity index (χ3n) is 5.02. The minimum Gasteiger partial charge on any atom is -0.493 e. The Kier molecular flexibility index (Phi) is 6.67. The Morgan fingerprint density at radius 3 is 2.43 bits per heavy atom. The van der Waals surface area contributed by atoms with Gasteiger partial charge in [0, 0.05) is 45.0 Å². The lowest BCUT2D eigenvalue weighted by molar-refractivity contribution is -0.0511. The second-order valence-electron chi connectivity index (χ2n) is 6.87. The highest BCUT2D eigenvalue weighted by Gasteiger charge is 2.25. The zero-order chi connectivity index (χ0) is 21.9. The standard InChI is InChI=1S/C20H25F2N3O4S/c1-14-4-6-16(13-17(14)25-10-8-23-9-11-25)30(26,27)24(2)15-5-7-18(28-3)19(12-15)29-20(21)22/h4-7,12-13,20,23H,8-11H2,1-3H3. The fraction of sp³-hybridized carbons (Fsp3) is 0.400. The molecule has 0 aromatic heterocycles. The maximum atomic E-state index is 13.2. The number of hydrogen-bond donors (Lipinski definition) is 1. The van der Waals surface area contributed by atoms with Gasteiger partial charge in [-0.25, -0.2) is 8.42 Å². The van der Waals surface area contributed by atoms with Crippen LogP contribution in [0.25, 0.3) is 0 Å². The lowest BCUT2D eigenvalue weighted by atomic mass is 10.1. The van der Waals surface area contributed by atoms with Crippen LogP contribution in [0.5, 0.6) is 11.5 Å². The van der Waals surface area contributed by atoms with Crippen molar-refractivity contribution < 1.29 is 26.7 Å². The number of piperazine rings is 1. The summed E-state index contributed by atoms with van der Waals surface area (Å²) in [6.45, 7) is 2.11. The molecule has 0 saturated carbocycles. The summed E-state index contributed by atoms with van der Waals surface area (Å²) in [6.07, 6.45) is 0. The van der Waals surface area contributed by atoms with Crippen molar-refractivity contribution in [3.8, 4) is 11.5 Å². The van der Waals surface area contributed by atoms with Gasteiger partial charge >= 0.3 is 6.61 Å². The van der Waals surface area contributed by atoms with Crippen molar-refractivity contribution in [2.24, 2.45) is 0 Å². The first-order valence-corrected chi connectivity index (χ1v) is 10.9. The van der Waals surface area contributed by atoms with Gasteiger partial charge in [-0.1, -0.05) is 6.07 Å². The molecule has 164 valence electrons. The van der Waals surface area contributed by atoms with Gasteiger partial charge in [-0.3, -0.25) is 4.31 Å². The Morgan fingerprint density at radius 1 is 1.10 bits per heavy atom. The predicted octanol–water partition coefficient (Wildman–Crippen LogP) is 2.84. The third kappa shape index (κ3) is 4.59. The first-order chi connectivity index (χ1) is 14.2. The van der Waals surface area contributed by atoms with Gasteiger partial charge in [0.2, 0.25) is 0 Å². The van der Waals surface area contributed by atoms with Crippen LogP contribution in [-0.4, -0.2) is 55.4 Å². The number of anilines is 2. The number of nitrogens with one attached hydrogen (secondary N) is 1. The van der Waals surface area contributed by atoms with Crippen molar-refractivity contribution in [2.45, 2.75) is 18.4 Å². The first kappa shape index (κ1) is 22.1. The molecule has 7 nitrogen and oxygen atoms in total. The van der Waals surface area contributed by atoms with E-state index in [0.29, 0.717) is 0 Å². The second-order valence-corrected chi connectivity index (χ2v) is 8.84. The van der Waals surface area contributed by atoms with Crippen LogP contribution in [-0.2, 0) is 10.0 Å². The molecule has 1 aliphatic heterocycles. The van der Waals surface area contributed by atoms with E-state index < -0.39 is 16.6 Å². The average Bonchev–Trinajstić information content (AvgIpc) is 2.73. The van der Waals surface area contributed by atoms with Crippen LogP contribution in [0.2, 0.25) is 0 Å². The number of sulfonamides is 1. The Morgan fingerprint density at radius 2 is 1.80 bits per heavy atom. The topological polar surface area (TPSA) is 71.1 Å². The first-order valence-electron chi connectivity index (χ1n) is 9.42. The molecule has 1 aliphatic rings. The molecule has 1 saturated heterocycles. The van der Waals surface area contributed by atoms with Gasteiger partial charge in [-0.15, -0.1) is 0 Å². The number of halogens is 2. The van der Waals surface area contributed by atoms with Crippen LogP contribution in [0.3, 0.4) is 0 Å². The fourth-order valence-corrected chi connectivity index (χ4v) is 4.55. The van der Waals surface area contributed by atoms with Gasteiger partial charge in [0.15, 0.2) is 11.5 Å². The Hall–Kier alpha value is -2.59. The molecule has 0 radical (unpaired) electrons. The molecule has 2 aromatic rings. The molecular formula is C20H25F2N3O4S. The fourth-order valence-electron chi connectivity index (χ4n) is 3.34. The van der Waals surface area contributed by atoms with Crippen molar-refractivity contribution in [3.05, 3.63) is 42.0 Å². The van der Waals surface area contributed by atoms with E-state index in [1.54, 1.807) is 18.2 Å². The van der Waals surface area contributed by atoms with E-state index in [9.17, 15) is 17.2 Å². The number of benzene rings is 2.